The first-order valence-electron chi connectivity index (χ1n) is 4.64. The van der Waals surface area contributed by atoms with Crippen LogP contribution in [0.15, 0.2) is 40.0 Å². The molecule has 0 aliphatic carbocycles. The minimum atomic E-state index is -4.71. The van der Waals surface area contributed by atoms with Crippen molar-refractivity contribution in [3.8, 4) is 5.69 Å². The fraction of sp³-hybridized carbons (Fsp3) is 0.100. The van der Waals surface area contributed by atoms with Crippen molar-refractivity contribution < 1.29 is 12.3 Å². The summed E-state index contributed by atoms with van der Waals surface area (Å²) >= 11 is 3.23. The van der Waals surface area contributed by atoms with E-state index in [1.807, 2.05) is 0 Å². The molecular weight excluding hydrogens is 311 g/mol. The third kappa shape index (κ3) is 2.55. The summed E-state index contributed by atoms with van der Waals surface area (Å²) in [6, 6.07) is 4.46. The molecule has 0 amide bonds. The lowest BCUT2D eigenvalue weighted by atomic mass is 10.2. The second-order valence-corrected chi connectivity index (χ2v) is 5.72. The molecule has 0 atom stereocenters. The zero-order valence-corrected chi connectivity index (χ0v) is 11.2. The summed E-state index contributed by atoms with van der Waals surface area (Å²) in [5.74, 6) is 0. The molecular formula is C10H8BrFN2O2S. The van der Waals surface area contributed by atoms with Crippen molar-refractivity contribution in [3.63, 3.8) is 0 Å². The molecule has 2 aromatic rings. The van der Waals surface area contributed by atoms with Gasteiger partial charge in [0.2, 0.25) is 0 Å². The second-order valence-electron chi connectivity index (χ2n) is 3.49. The lowest BCUT2D eigenvalue weighted by Crippen LogP contribution is -2.00. The minimum Gasteiger partial charge on any atom is -0.240 e. The summed E-state index contributed by atoms with van der Waals surface area (Å²) in [7, 11) is -4.71. The van der Waals surface area contributed by atoms with Crippen LogP contribution in [-0.2, 0) is 10.2 Å². The lowest BCUT2D eigenvalue weighted by Gasteiger charge is -2.05. The summed E-state index contributed by atoms with van der Waals surface area (Å²) in [6.07, 6.45) is 3.21. The van der Waals surface area contributed by atoms with Crippen molar-refractivity contribution in [2.24, 2.45) is 0 Å². The Balaban J connectivity index is 2.59. The topological polar surface area (TPSA) is 52.0 Å². The lowest BCUT2D eigenvalue weighted by molar-refractivity contribution is 0.551. The van der Waals surface area contributed by atoms with Crippen LogP contribution >= 0.6 is 15.9 Å². The van der Waals surface area contributed by atoms with Gasteiger partial charge in [-0.15, -0.1) is 3.89 Å². The van der Waals surface area contributed by atoms with Crippen LogP contribution in [0.4, 0.5) is 3.89 Å². The summed E-state index contributed by atoms with van der Waals surface area (Å²) in [5, 5.41) is 3.99. The van der Waals surface area contributed by atoms with Gasteiger partial charge >= 0.3 is 10.2 Å². The van der Waals surface area contributed by atoms with Gasteiger partial charge in [-0.1, -0.05) is 6.07 Å². The number of rotatable bonds is 2. The smallest absolute Gasteiger partial charge is 0.240 e. The number of hydrogen-bond donors (Lipinski definition) is 0. The first-order valence-corrected chi connectivity index (χ1v) is 6.81. The number of aromatic nitrogens is 2. The van der Waals surface area contributed by atoms with Crippen molar-refractivity contribution in [2.45, 2.75) is 11.8 Å². The van der Waals surface area contributed by atoms with Gasteiger partial charge in [0, 0.05) is 6.20 Å². The predicted octanol–water partition coefficient (Wildman–Crippen LogP) is 2.60. The molecule has 1 aromatic carbocycles. The molecule has 0 aliphatic rings. The third-order valence-electron chi connectivity index (χ3n) is 2.25. The summed E-state index contributed by atoms with van der Waals surface area (Å²) in [5.41, 5.74) is 0.847. The molecule has 0 fully saturated rings. The Bertz CT molecular complexity index is 667. The molecule has 0 N–H and O–H groups in total. The van der Waals surface area contributed by atoms with Crippen LogP contribution in [0, 0.1) is 6.92 Å². The van der Waals surface area contributed by atoms with Crippen LogP contribution < -0.4 is 0 Å². The van der Waals surface area contributed by atoms with Crippen LogP contribution in [0.3, 0.4) is 0 Å². The number of hydrogen-bond acceptors (Lipinski definition) is 3. The van der Waals surface area contributed by atoms with E-state index in [4.69, 9.17) is 0 Å². The molecule has 0 saturated carbocycles. The van der Waals surface area contributed by atoms with Gasteiger partial charge in [-0.25, -0.2) is 4.68 Å². The fourth-order valence-corrected chi connectivity index (χ4v) is 2.44. The molecule has 90 valence electrons. The molecule has 0 bridgehead atoms. The quantitative estimate of drug-likeness (QED) is 0.800. The molecule has 1 heterocycles. The number of halogens is 2. The van der Waals surface area contributed by atoms with Gasteiger partial charge in [-0.2, -0.15) is 13.5 Å². The zero-order valence-electron chi connectivity index (χ0n) is 8.76. The Hall–Kier alpha value is -1.21. The van der Waals surface area contributed by atoms with E-state index < -0.39 is 10.2 Å². The van der Waals surface area contributed by atoms with Crippen LogP contribution in [0.5, 0.6) is 0 Å². The van der Waals surface area contributed by atoms with Gasteiger partial charge in [0.25, 0.3) is 0 Å². The Morgan fingerprint density at radius 3 is 2.65 bits per heavy atom. The van der Waals surface area contributed by atoms with Crippen molar-refractivity contribution in [3.05, 3.63) is 40.6 Å². The molecule has 0 unspecified atom stereocenters. The monoisotopic (exact) mass is 318 g/mol. The Kier molecular flexibility index (Phi) is 3.05. The van der Waals surface area contributed by atoms with E-state index in [1.165, 1.54) is 23.7 Å². The van der Waals surface area contributed by atoms with Crippen molar-refractivity contribution in [1.82, 2.24) is 9.78 Å². The Labute approximate surface area is 106 Å². The maximum Gasteiger partial charge on any atom is 0.332 e. The zero-order chi connectivity index (χ0) is 12.6. The minimum absolute atomic E-state index is 0.332. The standard InChI is InChI=1S/C10H8BrFN2O2S/c1-7-2-3-9(4-10(7)17(12,15)16)14-6-8(11)5-13-14/h2-6H,1H3. The van der Waals surface area contributed by atoms with Gasteiger partial charge in [0.05, 0.1) is 16.4 Å². The van der Waals surface area contributed by atoms with Crippen LogP contribution in [-0.4, -0.2) is 18.2 Å². The fourth-order valence-electron chi connectivity index (χ4n) is 1.44. The first-order chi connectivity index (χ1) is 7.88. The van der Waals surface area contributed by atoms with Gasteiger partial charge in [-0.3, -0.25) is 0 Å². The number of benzene rings is 1. The molecule has 2 rings (SSSR count). The van der Waals surface area contributed by atoms with Gasteiger partial charge in [-0.05, 0) is 40.5 Å². The normalized spacial score (nSPS) is 11.7. The molecule has 0 aliphatic heterocycles. The molecule has 17 heavy (non-hydrogen) atoms. The second kappa shape index (κ2) is 4.23. The van der Waals surface area contributed by atoms with Crippen molar-refractivity contribution in [2.75, 3.05) is 0 Å². The molecule has 1 aromatic heterocycles. The third-order valence-corrected chi connectivity index (χ3v) is 3.62. The molecule has 0 saturated heterocycles. The average Bonchev–Trinajstić information content (AvgIpc) is 2.64. The van der Waals surface area contributed by atoms with Crippen molar-refractivity contribution in [1.29, 1.82) is 0 Å². The van der Waals surface area contributed by atoms with Crippen LogP contribution in [0.25, 0.3) is 5.69 Å². The highest BCUT2D eigenvalue weighted by Gasteiger charge is 2.16. The van der Waals surface area contributed by atoms with E-state index in [0.29, 0.717) is 11.3 Å². The number of aryl methyl sites for hydroxylation is 1. The van der Waals surface area contributed by atoms with Gasteiger partial charge < -0.3 is 0 Å². The van der Waals surface area contributed by atoms with Crippen molar-refractivity contribution >= 4 is 26.2 Å². The van der Waals surface area contributed by atoms with Gasteiger partial charge in [0.1, 0.15) is 4.90 Å². The van der Waals surface area contributed by atoms with Crippen LogP contribution in [0.1, 0.15) is 5.56 Å². The van der Waals surface area contributed by atoms with Crippen LogP contribution in [0.2, 0.25) is 0 Å². The van der Waals surface area contributed by atoms with E-state index in [-0.39, 0.29) is 4.90 Å². The highest BCUT2D eigenvalue weighted by atomic mass is 79.9. The maximum atomic E-state index is 13.0. The summed E-state index contributed by atoms with van der Waals surface area (Å²) in [4.78, 5) is -0.332. The maximum absolute atomic E-state index is 13.0. The average molecular weight is 319 g/mol. The first kappa shape index (κ1) is 12.3. The highest BCUT2D eigenvalue weighted by molar-refractivity contribution is 9.10. The van der Waals surface area contributed by atoms with E-state index in [0.717, 1.165) is 4.47 Å². The Morgan fingerprint density at radius 1 is 1.41 bits per heavy atom. The van der Waals surface area contributed by atoms with E-state index in [2.05, 4.69) is 21.0 Å². The van der Waals surface area contributed by atoms with E-state index in [9.17, 15) is 12.3 Å². The van der Waals surface area contributed by atoms with Gasteiger partial charge in [0.15, 0.2) is 0 Å². The molecule has 4 nitrogen and oxygen atoms in total. The summed E-state index contributed by atoms with van der Waals surface area (Å²) in [6.45, 7) is 1.54. The summed E-state index contributed by atoms with van der Waals surface area (Å²) < 4.78 is 37.1. The molecule has 0 radical (unpaired) electrons. The number of nitrogens with zero attached hydrogens (tertiary/aromatic N) is 2. The predicted molar refractivity (Wildman–Crippen MR) is 64.3 cm³/mol. The van der Waals surface area contributed by atoms with E-state index >= 15 is 0 Å². The highest BCUT2D eigenvalue weighted by Crippen LogP contribution is 2.21. The largest absolute Gasteiger partial charge is 0.332 e. The SMILES string of the molecule is Cc1ccc(-n2cc(Br)cn2)cc1S(=O)(=O)F. The van der Waals surface area contributed by atoms with E-state index in [1.54, 1.807) is 18.5 Å². The Morgan fingerprint density at radius 2 is 2.12 bits per heavy atom. The molecule has 0 spiro atoms. The molecule has 7 heteroatoms.